The third-order valence-electron chi connectivity index (χ3n) is 1.60. The van der Waals surface area contributed by atoms with Crippen LogP contribution in [-0.4, -0.2) is 4.87 Å². The van der Waals surface area contributed by atoms with E-state index in [1.165, 1.54) is 0 Å². The largest absolute Gasteiger partial charge is 0.118 e. The van der Waals surface area contributed by atoms with Crippen LogP contribution in [0.25, 0.3) is 0 Å². The zero-order valence-electron chi connectivity index (χ0n) is 6.88. The lowest BCUT2D eigenvalue weighted by atomic mass is 9.99. The van der Waals surface area contributed by atoms with Crippen LogP contribution < -0.4 is 0 Å². The van der Waals surface area contributed by atoms with Crippen molar-refractivity contribution in [2.75, 3.05) is 0 Å². The fourth-order valence-electron chi connectivity index (χ4n) is 0.974. The van der Waals surface area contributed by atoms with E-state index < -0.39 is 0 Å². The normalized spacial score (nSPS) is 17.4. The van der Waals surface area contributed by atoms with Crippen molar-refractivity contribution in [3.8, 4) is 0 Å². The standard InChI is InChI=1S/C8H15Cl2/c1-4-6-8(3,10)7(9)5-2/h4-6H2,1-3H3. The van der Waals surface area contributed by atoms with E-state index in [2.05, 4.69) is 6.92 Å². The Kier molecular flexibility index (Phi) is 4.71. The van der Waals surface area contributed by atoms with Crippen molar-refractivity contribution < 1.29 is 0 Å². The minimum absolute atomic E-state index is 0.287. The molecule has 1 atom stereocenters. The van der Waals surface area contributed by atoms with E-state index >= 15 is 0 Å². The van der Waals surface area contributed by atoms with Gasteiger partial charge in [0.15, 0.2) is 0 Å². The number of rotatable bonds is 4. The highest BCUT2D eigenvalue weighted by molar-refractivity contribution is 6.37. The van der Waals surface area contributed by atoms with Crippen LogP contribution in [-0.2, 0) is 0 Å². The molecule has 1 unspecified atom stereocenters. The maximum Gasteiger partial charge on any atom is 0.0840 e. The van der Waals surface area contributed by atoms with Gasteiger partial charge >= 0.3 is 0 Å². The van der Waals surface area contributed by atoms with E-state index in [0.29, 0.717) is 0 Å². The van der Waals surface area contributed by atoms with Crippen molar-refractivity contribution in [2.45, 2.75) is 44.9 Å². The fraction of sp³-hybridized carbons (Fsp3) is 0.875. The topological polar surface area (TPSA) is 0 Å². The number of hydrogen-bond acceptors (Lipinski definition) is 0. The van der Waals surface area contributed by atoms with Gasteiger partial charge in [0, 0.05) is 0 Å². The molecule has 61 valence electrons. The molecule has 0 aromatic heterocycles. The Hall–Kier alpha value is 0.580. The smallest absolute Gasteiger partial charge is 0.0840 e. The van der Waals surface area contributed by atoms with Crippen molar-refractivity contribution in [2.24, 2.45) is 0 Å². The summed E-state index contributed by atoms with van der Waals surface area (Å²) >= 11 is 12.0. The third kappa shape index (κ3) is 3.12. The predicted molar refractivity (Wildman–Crippen MR) is 48.6 cm³/mol. The molecule has 0 fully saturated rings. The van der Waals surface area contributed by atoms with Crippen LogP contribution in [0.3, 0.4) is 0 Å². The maximum absolute atomic E-state index is 6.12. The van der Waals surface area contributed by atoms with Gasteiger partial charge in [-0.15, -0.1) is 23.2 Å². The Morgan fingerprint density at radius 1 is 1.40 bits per heavy atom. The maximum atomic E-state index is 6.12. The van der Waals surface area contributed by atoms with Crippen LogP contribution >= 0.6 is 23.2 Å². The number of hydrogen-bond donors (Lipinski definition) is 0. The van der Waals surface area contributed by atoms with Crippen LogP contribution in [0.1, 0.15) is 40.0 Å². The molecule has 1 radical (unpaired) electrons. The Balaban J connectivity index is 3.82. The van der Waals surface area contributed by atoms with Crippen molar-refractivity contribution in [1.82, 2.24) is 0 Å². The summed E-state index contributed by atoms with van der Waals surface area (Å²) in [7, 11) is 0. The second-order valence-electron chi connectivity index (χ2n) is 2.71. The SMILES string of the molecule is CCCC(C)(Cl)[C](Cl)CC. The molecule has 0 rings (SSSR count). The lowest BCUT2D eigenvalue weighted by Crippen LogP contribution is -2.21. The Morgan fingerprint density at radius 2 is 1.90 bits per heavy atom. The average molecular weight is 182 g/mol. The molecule has 0 aromatic carbocycles. The van der Waals surface area contributed by atoms with E-state index in [1.54, 1.807) is 0 Å². The van der Waals surface area contributed by atoms with Crippen molar-refractivity contribution in [1.29, 1.82) is 0 Å². The molecule has 0 aliphatic heterocycles. The quantitative estimate of drug-likeness (QED) is 0.577. The molecule has 0 saturated carbocycles. The Labute approximate surface area is 73.9 Å². The van der Waals surface area contributed by atoms with Crippen molar-refractivity contribution in [3.63, 3.8) is 0 Å². The van der Waals surface area contributed by atoms with E-state index in [0.717, 1.165) is 24.6 Å². The molecule has 0 heterocycles. The zero-order valence-corrected chi connectivity index (χ0v) is 8.39. The second-order valence-corrected chi connectivity index (χ2v) is 4.00. The van der Waals surface area contributed by atoms with Crippen LogP contribution in [0.2, 0.25) is 0 Å². The summed E-state index contributed by atoms with van der Waals surface area (Å²) < 4.78 is 0. The molecule has 0 N–H and O–H groups in total. The van der Waals surface area contributed by atoms with Crippen LogP contribution in [0.4, 0.5) is 0 Å². The van der Waals surface area contributed by atoms with Gasteiger partial charge in [0.05, 0.1) is 10.3 Å². The highest BCUT2D eigenvalue weighted by Gasteiger charge is 2.28. The minimum atomic E-state index is -0.287. The first-order valence-electron chi connectivity index (χ1n) is 3.75. The van der Waals surface area contributed by atoms with Gasteiger partial charge in [0.1, 0.15) is 0 Å². The fourth-order valence-corrected chi connectivity index (χ4v) is 1.39. The molecule has 0 aliphatic rings. The number of halogens is 2. The summed E-state index contributed by atoms with van der Waals surface area (Å²) in [6.45, 7) is 6.11. The molecule has 10 heavy (non-hydrogen) atoms. The first-order valence-corrected chi connectivity index (χ1v) is 4.51. The third-order valence-corrected chi connectivity index (χ3v) is 2.79. The molecule has 0 bridgehead atoms. The van der Waals surface area contributed by atoms with Crippen molar-refractivity contribution >= 4 is 23.2 Å². The van der Waals surface area contributed by atoms with Gasteiger partial charge in [-0.3, -0.25) is 0 Å². The van der Waals surface area contributed by atoms with E-state index in [9.17, 15) is 0 Å². The Morgan fingerprint density at radius 3 is 2.20 bits per heavy atom. The first-order chi connectivity index (χ1) is 4.54. The van der Waals surface area contributed by atoms with Gasteiger partial charge in [-0.05, 0) is 19.8 Å². The molecule has 0 spiro atoms. The summed E-state index contributed by atoms with van der Waals surface area (Å²) in [5.74, 6) is 0. The molecule has 0 aliphatic carbocycles. The summed E-state index contributed by atoms with van der Waals surface area (Å²) in [6, 6.07) is 0. The van der Waals surface area contributed by atoms with Crippen LogP contribution in [0.5, 0.6) is 0 Å². The van der Waals surface area contributed by atoms with Crippen molar-refractivity contribution in [3.05, 3.63) is 5.38 Å². The average Bonchev–Trinajstić information content (AvgIpc) is 1.86. The lowest BCUT2D eigenvalue weighted by Gasteiger charge is -2.25. The highest BCUT2D eigenvalue weighted by atomic mass is 35.5. The first kappa shape index (κ1) is 10.6. The van der Waals surface area contributed by atoms with Gasteiger partial charge in [0.25, 0.3) is 0 Å². The predicted octanol–water partition coefficient (Wildman–Crippen LogP) is 3.96. The van der Waals surface area contributed by atoms with Gasteiger partial charge in [-0.25, -0.2) is 0 Å². The summed E-state index contributed by atoms with van der Waals surface area (Å²) in [5.41, 5.74) is 0. The molecule has 0 nitrogen and oxygen atoms in total. The molecule has 0 amide bonds. The monoisotopic (exact) mass is 181 g/mol. The van der Waals surface area contributed by atoms with E-state index in [4.69, 9.17) is 23.2 Å². The molecular formula is C8H15Cl2. The lowest BCUT2D eigenvalue weighted by molar-refractivity contribution is 0.597. The van der Waals surface area contributed by atoms with E-state index in [-0.39, 0.29) is 4.87 Å². The van der Waals surface area contributed by atoms with Crippen LogP contribution in [0, 0.1) is 5.38 Å². The summed E-state index contributed by atoms with van der Waals surface area (Å²) in [4.78, 5) is -0.287. The Bertz CT molecular complexity index is 89.3. The molecule has 2 heteroatoms. The summed E-state index contributed by atoms with van der Waals surface area (Å²) in [5, 5.41) is 0.871. The van der Waals surface area contributed by atoms with Gasteiger partial charge in [-0.2, -0.15) is 0 Å². The minimum Gasteiger partial charge on any atom is -0.118 e. The summed E-state index contributed by atoms with van der Waals surface area (Å²) in [6.07, 6.45) is 2.90. The zero-order chi connectivity index (χ0) is 8.20. The molecule has 0 aromatic rings. The molecular weight excluding hydrogens is 167 g/mol. The molecule has 0 saturated heterocycles. The second kappa shape index (κ2) is 4.46. The van der Waals surface area contributed by atoms with Gasteiger partial charge in [0.2, 0.25) is 0 Å². The van der Waals surface area contributed by atoms with E-state index in [1.807, 2.05) is 13.8 Å². The van der Waals surface area contributed by atoms with Gasteiger partial charge in [-0.1, -0.05) is 20.3 Å². The number of alkyl halides is 1. The van der Waals surface area contributed by atoms with Gasteiger partial charge < -0.3 is 0 Å². The van der Waals surface area contributed by atoms with Crippen LogP contribution in [0.15, 0.2) is 0 Å². The highest BCUT2D eigenvalue weighted by Crippen LogP contribution is 2.36.